The van der Waals surface area contributed by atoms with Crippen LogP contribution < -0.4 is 5.32 Å². The van der Waals surface area contributed by atoms with Crippen molar-refractivity contribution in [2.24, 2.45) is 7.05 Å². The maximum absolute atomic E-state index is 3.91. The van der Waals surface area contributed by atoms with Crippen LogP contribution in [0.2, 0.25) is 0 Å². The van der Waals surface area contributed by atoms with Crippen LogP contribution in [0.5, 0.6) is 0 Å². The van der Waals surface area contributed by atoms with Gasteiger partial charge >= 0.3 is 0 Å². The summed E-state index contributed by atoms with van der Waals surface area (Å²) in [7, 11) is 1.94. The van der Waals surface area contributed by atoms with Crippen LogP contribution in [-0.2, 0) is 13.6 Å². The minimum absolute atomic E-state index is 0.707. The zero-order chi connectivity index (χ0) is 9.80. The lowest BCUT2D eigenvalue weighted by Gasteiger charge is -2.22. The molecule has 0 bridgehead atoms. The monoisotopic (exact) mass is 194 g/mol. The van der Waals surface area contributed by atoms with Crippen LogP contribution in [-0.4, -0.2) is 21.0 Å². The minimum atomic E-state index is 0.707. The summed E-state index contributed by atoms with van der Waals surface area (Å²) in [5.41, 5.74) is 1.16. The number of hydrogen-bond acceptors (Lipinski definition) is 3. The summed E-state index contributed by atoms with van der Waals surface area (Å²) in [6.07, 6.45) is 8.64. The molecular formula is C10H18N4. The third kappa shape index (κ3) is 2.32. The topological polar surface area (TPSA) is 42.7 Å². The number of nitrogens with zero attached hydrogens (tertiary/aromatic N) is 3. The fraction of sp³-hybridized carbons (Fsp3) is 0.800. The summed E-state index contributed by atoms with van der Waals surface area (Å²) in [4.78, 5) is 0. The van der Waals surface area contributed by atoms with Crippen LogP contribution in [0.4, 0.5) is 0 Å². The normalized spacial score (nSPS) is 18.6. The van der Waals surface area contributed by atoms with Crippen LogP contribution in [0, 0.1) is 0 Å². The Morgan fingerprint density at radius 2 is 2.21 bits per heavy atom. The van der Waals surface area contributed by atoms with Crippen LogP contribution in [0.25, 0.3) is 0 Å². The molecule has 14 heavy (non-hydrogen) atoms. The highest BCUT2D eigenvalue weighted by Gasteiger charge is 2.12. The summed E-state index contributed by atoms with van der Waals surface area (Å²) in [5, 5.41) is 11.3. The van der Waals surface area contributed by atoms with Gasteiger partial charge in [0.15, 0.2) is 0 Å². The molecular weight excluding hydrogens is 176 g/mol. The average molecular weight is 194 g/mol. The largest absolute Gasteiger partial charge is 0.308 e. The van der Waals surface area contributed by atoms with Crippen molar-refractivity contribution < 1.29 is 0 Å². The fourth-order valence-corrected chi connectivity index (χ4v) is 2.03. The molecule has 4 nitrogen and oxygen atoms in total. The van der Waals surface area contributed by atoms with Crippen molar-refractivity contribution in [1.29, 1.82) is 0 Å². The number of nitrogens with one attached hydrogen (secondary N) is 1. The molecule has 0 amide bonds. The smallest absolute Gasteiger partial charge is 0.0738 e. The fourth-order valence-electron chi connectivity index (χ4n) is 2.03. The highest BCUT2D eigenvalue weighted by atomic mass is 15.4. The van der Waals surface area contributed by atoms with Crippen LogP contribution in [0.3, 0.4) is 0 Å². The van der Waals surface area contributed by atoms with Crippen molar-refractivity contribution in [1.82, 2.24) is 20.3 Å². The lowest BCUT2D eigenvalue weighted by atomic mass is 9.95. The minimum Gasteiger partial charge on any atom is -0.308 e. The van der Waals surface area contributed by atoms with Gasteiger partial charge in [-0.3, -0.25) is 4.68 Å². The molecule has 0 spiro atoms. The van der Waals surface area contributed by atoms with Gasteiger partial charge in [0, 0.05) is 19.6 Å². The van der Waals surface area contributed by atoms with Crippen molar-refractivity contribution in [2.75, 3.05) is 0 Å². The van der Waals surface area contributed by atoms with E-state index in [1.165, 1.54) is 32.1 Å². The van der Waals surface area contributed by atoms with E-state index < -0.39 is 0 Å². The third-order valence-electron chi connectivity index (χ3n) is 2.99. The number of aryl methyl sites for hydroxylation is 1. The van der Waals surface area contributed by atoms with Crippen molar-refractivity contribution in [3.63, 3.8) is 0 Å². The molecule has 2 rings (SSSR count). The standard InChI is InChI=1S/C10H18N4/c1-14-10(8-12-13-14)7-11-9-5-3-2-4-6-9/h8-9,11H,2-7H2,1H3. The Morgan fingerprint density at radius 1 is 1.43 bits per heavy atom. The quantitative estimate of drug-likeness (QED) is 0.787. The molecule has 0 unspecified atom stereocenters. The van der Waals surface area contributed by atoms with E-state index >= 15 is 0 Å². The van der Waals surface area contributed by atoms with Crippen LogP contribution >= 0.6 is 0 Å². The summed E-state index contributed by atoms with van der Waals surface area (Å²) in [5.74, 6) is 0. The number of aromatic nitrogens is 3. The molecule has 1 heterocycles. The van der Waals surface area contributed by atoms with E-state index in [4.69, 9.17) is 0 Å². The first-order valence-corrected chi connectivity index (χ1v) is 5.43. The van der Waals surface area contributed by atoms with E-state index in [9.17, 15) is 0 Å². The van der Waals surface area contributed by atoms with Gasteiger partial charge in [0.05, 0.1) is 11.9 Å². The van der Waals surface area contributed by atoms with Gasteiger partial charge in [-0.1, -0.05) is 24.5 Å². The molecule has 0 atom stereocenters. The molecule has 0 aliphatic heterocycles. The maximum atomic E-state index is 3.91. The number of rotatable bonds is 3. The highest BCUT2D eigenvalue weighted by molar-refractivity contribution is 4.93. The van der Waals surface area contributed by atoms with E-state index in [0.717, 1.165) is 12.2 Å². The van der Waals surface area contributed by atoms with Crippen LogP contribution in [0.15, 0.2) is 6.20 Å². The zero-order valence-corrected chi connectivity index (χ0v) is 8.74. The second-order valence-electron chi connectivity index (χ2n) is 4.06. The molecule has 1 aliphatic rings. The van der Waals surface area contributed by atoms with E-state index in [1.807, 2.05) is 17.9 Å². The molecule has 0 saturated heterocycles. The second-order valence-corrected chi connectivity index (χ2v) is 4.06. The Balaban J connectivity index is 1.79. The Bertz CT molecular complexity index is 275. The van der Waals surface area contributed by atoms with E-state index in [0.29, 0.717) is 6.04 Å². The molecule has 1 aromatic rings. The van der Waals surface area contributed by atoms with E-state index in [2.05, 4.69) is 15.6 Å². The van der Waals surface area contributed by atoms with Crippen molar-refractivity contribution >= 4 is 0 Å². The van der Waals surface area contributed by atoms with Gasteiger partial charge in [0.1, 0.15) is 0 Å². The lowest BCUT2D eigenvalue weighted by Crippen LogP contribution is -2.31. The van der Waals surface area contributed by atoms with Crippen molar-refractivity contribution in [3.05, 3.63) is 11.9 Å². The predicted molar refractivity (Wildman–Crippen MR) is 54.7 cm³/mol. The molecule has 1 aromatic heterocycles. The highest BCUT2D eigenvalue weighted by Crippen LogP contribution is 2.17. The maximum Gasteiger partial charge on any atom is 0.0738 e. The van der Waals surface area contributed by atoms with Gasteiger partial charge < -0.3 is 5.32 Å². The summed E-state index contributed by atoms with van der Waals surface area (Å²) in [6, 6.07) is 0.707. The number of hydrogen-bond donors (Lipinski definition) is 1. The van der Waals surface area contributed by atoms with E-state index in [-0.39, 0.29) is 0 Å². The molecule has 1 aliphatic carbocycles. The summed E-state index contributed by atoms with van der Waals surface area (Å²) in [6.45, 7) is 0.897. The Kier molecular flexibility index (Phi) is 3.14. The third-order valence-corrected chi connectivity index (χ3v) is 2.99. The van der Waals surface area contributed by atoms with Crippen molar-refractivity contribution in [3.8, 4) is 0 Å². The first kappa shape index (κ1) is 9.65. The second kappa shape index (κ2) is 4.55. The molecule has 1 saturated carbocycles. The molecule has 1 fully saturated rings. The molecule has 1 N–H and O–H groups in total. The molecule has 78 valence electrons. The van der Waals surface area contributed by atoms with Gasteiger partial charge in [0.25, 0.3) is 0 Å². The summed E-state index contributed by atoms with van der Waals surface area (Å²) < 4.78 is 1.83. The Morgan fingerprint density at radius 3 is 2.86 bits per heavy atom. The molecule has 4 heteroatoms. The average Bonchev–Trinajstić information content (AvgIpc) is 2.63. The SMILES string of the molecule is Cn1nncc1CNC1CCCCC1. The van der Waals surface area contributed by atoms with Crippen molar-refractivity contribution in [2.45, 2.75) is 44.7 Å². The Labute approximate surface area is 84.7 Å². The van der Waals surface area contributed by atoms with Gasteiger partial charge in [-0.05, 0) is 12.8 Å². The molecule has 0 radical (unpaired) electrons. The predicted octanol–water partition coefficient (Wildman–Crippen LogP) is 1.24. The van der Waals surface area contributed by atoms with Gasteiger partial charge in [-0.15, -0.1) is 5.10 Å². The lowest BCUT2D eigenvalue weighted by molar-refractivity contribution is 0.368. The molecule has 0 aromatic carbocycles. The van der Waals surface area contributed by atoms with Gasteiger partial charge in [0.2, 0.25) is 0 Å². The zero-order valence-electron chi connectivity index (χ0n) is 8.74. The van der Waals surface area contributed by atoms with Crippen LogP contribution in [0.1, 0.15) is 37.8 Å². The first-order valence-electron chi connectivity index (χ1n) is 5.43. The van der Waals surface area contributed by atoms with Gasteiger partial charge in [-0.25, -0.2) is 0 Å². The summed E-state index contributed by atoms with van der Waals surface area (Å²) >= 11 is 0. The first-order chi connectivity index (χ1) is 6.86. The Hall–Kier alpha value is -0.900. The van der Waals surface area contributed by atoms with Gasteiger partial charge in [-0.2, -0.15) is 0 Å². The van der Waals surface area contributed by atoms with E-state index in [1.54, 1.807) is 0 Å².